The van der Waals surface area contributed by atoms with E-state index in [4.69, 9.17) is 4.74 Å². The molecular formula is C15H22NO2+. The number of esters is 1. The van der Waals surface area contributed by atoms with E-state index >= 15 is 0 Å². The summed E-state index contributed by atoms with van der Waals surface area (Å²) in [6.45, 7) is 3.99. The van der Waals surface area contributed by atoms with E-state index < -0.39 is 0 Å². The van der Waals surface area contributed by atoms with Crippen molar-refractivity contribution in [2.75, 3.05) is 27.2 Å². The summed E-state index contributed by atoms with van der Waals surface area (Å²) in [5.41, 5.74) is 1.29. The Bertz CT molecular complexity index is 396. The Morgan fingerprint density at radius 3 is 2.56 bits per heavy atom. The molecule has 0 unspecified atom stereocenters. The summed E-state index contributed by atoms with van der Waals surface area (Å²) in [5.74, 6) is -0.266. The molecule has 0 aromatic heterocycles. The predicted octanol–water partition coefficient (Wildman–Crippen LogP) is 2.38. The van der Waals surface area contributed by atoms with Crippen LogP contribution in [0.2, 0.25) is 0 Å². The van der Waals surface area contributed by atoms with Crippen LogP contribution in [0, 0.1) is 0 Å². The molecule has 0 N–H and O–H groups in total. The third kappa shape index (κ3) is 5.64. The summed E-state index contributed by atoms with van der Waals surface area (Å²) in [4.78, 5) is 11.2. The van der Waals surface area contributed by atoms with Gasteiger partial charge in [-0.25, -0.2) is 4.79 Å². The van der Waals surface area contributed by atoms with E-state index in [9.17, 15) is 4.79 Å². The Morgan fingerprint density at radius 1 is 1.28 bits per heavy atom. The highest BCUT2D eigenvalue weighted by atomic mass is 16.5. The van der Waals surface area contributed by atoms with E-state index in [1.165, 1.54) is 11.6 Å². The minimum atomic E-state index is -0.266. The Balaban J connectivity index is 2.38. The average molecular weight is 248 g/mol. The van der Waals surface area contributed by atoms with Crippen molar-refractivity contribution >= 4 is 5.97 Å². The maximum Gasteiger partial charge on any atom is 0.330 e. The first-order valence-electron chi connectivity index (χ1n) is 6.19. The number of allylic oxidation sites excluding steroid dienone is 1. The summed E-state index contributed by atoms with van der Waals surface area (Å²) in [7, 11) is 4.27. The van der Waals surface area contributed by atoms with E-state index in [0.29, 0.717) is 6.61 Å². The highest BCUT2D eigenvalue weighted by Crippen LogP contribution is 2.08. The van der Waals surface area contributed by atoms with Crippen LogP contribution in [0.1, 0.15) is 12.5 Å². The molecule has 1 rings (SSSR count). The maximum atomic E-state index is 11.2. The largest absolute Gasteiger partial charge is 0.457 e. The molecule has 0 aliphatic rings. The molecule has 0 aliphatic carbocycles. The summed E-state index contributed by atoms with van der Waals surface area (Å²) in [6, 6.07) is 10.3. The summed E-state index contributed by atoms with van der Waals surface area (Å²) in [6.07, 6.45) is 3.13. The summed E-state index contributed by atoms with van der Waals surface area (Å²) < 4.78 is 5.91. The van der Waals surface area contributed by atoms with Gasteiger partial charge in [0, 0.05) is 11.6 Å². The van der Waals surface area contributed by atoms with Crippen LogP contribution in [-0.2, 0) is 16.1 Å². The van der Waals surface area contributed by atoms with E-state index in [1.54, 1.807) is 13.0 Å². The van der Waals surface area contributed by atoms with Gasteiger partial charge in [-0.15, -0.1) is 0 Å². The van der Waals surface area contributed by atoms with Gasteiger partial charge in [-0.2, -0.15) is 0 Å². The molecule has 0 atom stereocenters. The van der Waals surface area contributed by atoms with Gasteiger partial charge in [-0.3, -0.25) is 0 Å². The Labute approximate surface area is 109 Å². The van der Waals surface area contributed by atoms with Crippen LogP contribution < -0.4 is 0 Å². The summed E-state index contributed by atoms with van der Waals surface area (Å²) in [5, 5.41) is 0. The van der Waals surface area contributed by atoms with Crippen LogP contribution in [0.3, 0.4) is 0 Å². The molecule has 3 nitrogen and oxygen atoms in total. The van der Waals surface area contributed by atoms with Gasteiger partial charge in [-0.05, 0) is 6.92 Å². The number of rotatable bonds is 6. The van der Waals surface area contributed by atoms with Crippen molar-refractivity contribution in [2.24, 2.45) is 0 Å². The van der Waals surface area contributed by atoms with Crippen molar-refractivity contribution in [3.8, 4) is 0 Å². The van der Waals surface area contributed by atoms with E-state index in [2.05, 4.69) is 26.2 Å². The number of carbonyl (C=O) groups is 1. The lowest BCUT2D eigenvalue weighted by molar-refractivity contribution is -0.903. The second-order valence-electron chi connectivity index (χ2n) is 4.97. The van der Waals surface area contributed by atoms with E-state index in [0.717, 1.165) is 17.6 Å². The monoisotopic (exact) mass is 248 g/mol. The van der Waals surface area contributed by atoms with Crippen molar-refractivity contribution in [3.05, 3.63) is 48.0 Å². The first-order chi connectivity index (χ1) is 8.53. The van der Waals surface area contributed by atoms with Gasteiger partial charge in [0.25, 0.3) is 0 Å². The topological polar surface area (TPSA) is 26.3 Å². The second-order valence-corrected chi connectivity index (χ2v) is 4.97. The van der Waals surface area contributed by atoms with Gasteiger partial charge >= 0.3 is 5.97 Å². The number of benzene rings is 1. The van der Waals surface area contributed by atoms with Crippen molar-refractivity contribution in [2.45, 2.75) is 13.5 Å². The van der Waals surface area contributed by atoms with Gasteiger partial charge in [0.05, 0.1) is 14.1 Å². The zero-order chi connectivity index (χ0) is 13.4. The number of likely N-dealkylation sites (N-methyl/N-ethyl adjacent to an activating group) is 1. The van der Waals surface area contributed by atoms with E-state index in [1.807, 2.05) is 18.2 Å². The minimum Gasteiger partial charge on any atom is -0.457 e. The maximum absolute atomic E-state index is 11.2. The van der Waals surface area contributed by atoms with Gasteiger partial charge in [0.1, 0.15) is 19.7 Å². The van der Waals surface area contributed by atoms with Crippen LogP contribution in [0.15, 0.2) is 42.5 Å². The zero-order valence-corrected chi connectivity index (χ0v) is 11.4. The van der Waals surface area contributed by atoms with Crippen LogP contribution in [0.5, 0.6) is 0 Å². The van der Waals surface area contributed by atoms with Crippen LogP contribution in [0.4, 0.5) is 0 Å². The van der Waals surface area contributed by atoms with Gasteiger partial charge in [-0.1, -0.05) is 36.4 Å². The van der Waals surface area contributed by atoms with Crippen molar-refractivity contribution < 1.29 is 14.0 Å². The van der Waals surface area contributed by atoms with Crippen LogP contribution >= 0.6 is 0 Å². The molecule has 0 radical (unpaired) electrons. The van der Waals surface area contributed by atoms with Gasteiger partial charge in [0.2, 0.25) is 0 Å². The number of hydrogen-bond donors (Lipinski definition) is 0. The minimum absolute atomic E-state index is 0.266. The molecule has 98 valence electrons. The van der Waals surface area contributed by atoms with Crippen molar-refractivity contribution in [1.29, 1.82) is 0 Å². The summed E-state index contributed by atoms with van der Waals surface area (Å²) >= 11 is 0. The van der Waals surface area contributed by atoms with Crippen molar-refractivity contribution in [3.63, 3.8) is 0 Å². The predicted molar refractivity (Wildman–Crippen MR) is 72.9 cm³/mol. The molecule has 0 spiro atoms. The fourth-order valence-electron chi connectivity index (χ4n) is 1.73. The van der Waals surface area contributed by atoms with Crippen LogP contribution in [-0.4, -0.2) is 37.7 Å². The Morgan fingerprint density at radius 2 is 1.94 bits per heavy atom. The lowest BCUT2D eigenvalue weighted by Crippen LogP contribution is -2.41. The molecule has 3 heteroatoms. The molecule has 18 heavy (non-hydrogen) atoms. The number of quaternary nitrogens is 1. The molecule has 0 aliphatic heterocycles. The lowest BCUT2D eigenvalue weighted by Gasteiger charge is -2.29. The molecular weight excluding hydrogens is 226 g/mol. The SMILES string of the molecule is CC=CC(=O)OCC[N+](C)(C)Cc1ccccc1. The number of carbonyl (C=O) groups excluding carboxylic acids is 1. The number of ether oxygens (including phenoxy) is 1. The van der Waals surface area contributed by atoms with Crippen molar-refractivity contribution in [1.82, 2.24) is 0 Å². The first kappa shape index (κ1) is 14.5. The molecule has 0 bridgehead atoms. The highest BCUT2D eigenvalue weighted by Gasteiger charge is 2.16. The third-order valence-corrected chi connectivity index (χ3v) is 2.70. The van der Waals surface area contributed by atoms with Gasteiger partial charge in [0.15, 0.2) is 0 Å². The Hall–Kier alpha value is -1.61. The quantitative estimate of drug-likeness (QED) is 0.439. The molecule has 0 fully saturated rings. The average Bonchev–Trinajstić information content (AvgIpc) is 2.29. The third-order valence-electron chi connectivity index (χ3n) is 2.70. The second kappa shape index (κ2) is 6.97. The number of nitrogens with zero attached hydrogens (tertiary/aromatic N) is 1. The molecule has 0 saturated heterocycles. The fourth-order valence-corrected chi connectivity index (χ4v) is 1.73. The fraction of sp³-hybridized carbons (Fsp3) is 0.400. The van der Waals surface area contributed by atoms with Gasteiger partial charge < -0.3 is 9.22 Å². The lowest BCUT2D eigenvalue weighted by atomic mass is 10.2. The normalized spacial score (nSPS) is 11.7. The van der Waals surface area contributed by atoms with E-state index in [-0.39, 0.29) is 5.97 Å². The molecule has 1 aromatic rings. The number of hydrogen-bond acceptors (Lipinski definition) is 2. The standard InChI is InChI=1S/C15H22NO2/c1-4-8-15(17)18-12-11-16(2,3)13-14-9-6-5-7-10-14/h4-10H,11-13H2,1-3H3/q+1. The molecule has 0 amide bonds. The zero-order valence-electron chi connectivity index (χ0n) is 11.4. The highest BCUT2D eigenvalue weighted by molar-refractivity contribution is 5.81. The first-order valence-corrected chi connectivity index (χ1v) is 6.19. The smallest absolute Gasteiger partial charge is 0.330 e. The molecule has 0 heterocycles. The Kier molecular flexibility index (Phi) is 5.59. The molecule has 1 aromatic carbocycles. The van der Waals surface area contributed by atoms with Crippen LogP contribution in [0.25, 0.3) is 0 Å². The molecule has 0 saturated carbocycles.